The lowest BCUT2D eigenvalue weighted by molar-refractivity contribution is 0.414. The van der Waals surface area contributed by atoms with E-state index in [0.29, 0.717) is 10.0 Å². The van der Waals surface area contributed by atoms with Gasteiger partial charge < -0.3 is 9.30 Å². The Bertz CT molecular complexity index is 906. The van der Waals surface area contributed by atoms with E-state index in [2.05, 4.69) is 20.9 Å². The largest absolute Gasteiger partial charge is 0.496 e. The zero-order chi connectivity index (χ0) is 17.1. The van der Waals surface area contributed by atoms with Crippen molar-refractivity contribution in [2.75, 3.05) is 7.11 Å². The number of hydrogen-bond acceptors (Lipinski definition) is 2. The Labute approximate surface area is 158 Å². The minimum atomic E-state index is 0.574. The van der Waals surface area contributed by atoms with Crippen LogP contribution in [0, 0.1) is 0 Å². The van der Waals surface area contributed by atoms with E-state index < -0.39 is 0 Å². The van der Waals surface area contributed by atoms with E-state index in [4.69, 9.17) is 27.9 Å². The Morgan fingerprint density at radius 2 is 2.00 bits per heavy atom. The van der Waals surface area contributed by atoms with Gasteiger partial charge in [0.2, 0.25) is 0 Å². The molecule has 1 aromatic heterocycles. The highest BCUT2D eigenvalue weighted by atomic mass is 79.9. The zero-order valence-electron chi connectivity index (χ0n) is 12.7. The molecule has 3 nitrogen and oxygen atoms in total. The summed E-state index contributed by atoms with van der Waals surface area (Å²) < 4.78 is 8.21. The standard InChI is InChI=1S/C18H13BrCl2N2O/c1-24-18-5-2-13(19)8-12(18)6-7-23-10-17(22-11-23)15-4-3-14(20)9-16(15)21/h2-11H,1H3/b7-6+. The molecule has 0 aliphatic rings. The molecule has 3 aromatic rings. The van der Waals surface area contributed by atoms with Gasteiger partial charge in [-0.05, 0) is 42.5 Å². The average molecular weight is 424 g/mol. The molecule has 0 fully saturated rings. The maximum Gasteiger partial charge on any atom is 0.126 e. The molecule has 24 heavy (non-hydrogen) atoms. The molecule has 1 heterocycles. The smallest absolute Gasteiger partial charge is 0.126 e. The normalized spacial score (nSPS) is 11.2. The highest BCUT2D eigenvalue weighted by molar-refractivity contribution is 9.10. The summed E-state index contributed by atoms with van der Waals surface area (Å²) in [7, 11) is 1.65. The summed E-state index contributed by atoms with van der Waals surface area (Å²) in [6.45, 7) is 0. The van der Waals surface area contributed by atoms with Crippen molar-refractivity contribution in [1.82, 2.24) is 9.55 Å². The Morgan fingerprint density at radius 3 is 2.75 bits per heavy atom. The van der Waals surface area contributed by atoms with E-state index in [9.17, 15) is 0 Å². The highest BCUT2D eigenvalue weighted by Gasteiger charge is 2.07. The predicted octanol–water partition coefficient (Wildman–Crippen LogP) is 6.26. The van der Waals surface area contributed by atoms with Crippen LogP contribution in [0.4, 0.5) is 0 Å². The molecule has 6 heteroatoms. The first kappa shape index (κ1) is 17.1. The zero-order valence-corrected chi connectivity index (χ0v) is 15.8. The average Bonchev–Trinajstić information content (AvgIpc) is 3.01. The monoisotopic (exact) mass is 422 g/mol. The molecule has 0 aliphatic heterocycles. The second kappa shape index (κ2) is 7.43. The van der Waals surface area contributed by atoms with Crippen LogP contribution in [0.1, 0.15) is 5.56 Å². The molecule has 0 N–H and O–H groups in total. The summed E-state index contributed by atoms with van der Waals surface area (Å²) in [6, 6.07) is 11.2. The molecule has 2 aromatic carbocycles. The lowest BCUT2D eigenvalue weighted by atomic mass is 10.2. The van der Waals surface area contributed by atoms with E-state index >= 15 is 0 Å². The van der Waals surface area contributed by atoms with Gasteiger partial charge in [-0.1, -0.05) is 39.1 Å². The molecular formula is C18H13BrCl2N2O. The maximum absolute atomic E-state index is 6.23. The molecule has 0 saturated heterocycles. The van der Waals surface area contributed by atoms with Gasteiger partial charge >= 0.3 is 0 Å². The number of methoxy groups -OCH3 is 1. The Morgan fingerprint density at radius 1 is 1.17 bits per heavy atom. The first-order chi connectivity index (χ1) is 11.6. The van der Waals surface area contributed by atoms with Gasteiger partial charge in [-0.25, -0.2) is 4.98 Å². The van der Waals surface area contributed by atoms with Crippen LogP contribution >= 0.6 is 39.1 Å². The van der Waals surface area contributed by atoms with Crippen LogP contribution in [-0.2, 0) is 0 Å². The van der Waals surface area contributed by atoms with Gasteiger partial charge in [0.1, 0.15) is 5.75 Å². The molecule has 0 radical (unpaired) electrons. The molecule has 0 atom stereocenters. The van der Waals surface area contributed by atoms with Gasteiger partial charge in [0, 0.05) is 33.0 Å². The van der Waals surface area contributed by atoms with Crippen LogP contribution in [0.15, 0.2) is 53.4 Å². The van der Waals surface area contributed by atoms with E-state index in [0.717, 1.165) is 27.0 Å². The van der Waals surface area contributed by atoms with Crippen molar-refractivity contribution in [3.8, 4) is 17.0 Å². The molecule has 0 aliphatic carbocycles. The molecule has 122 valence electrons. The van der Waals surface area contributed by atoms with Crippen molar-refractivity contribution < 1.29 is 4.74 Å². The van der Waals surface area contributed by atoms with Crippen molar-refractivity contribution in [2.45, 2.75) is 0 Å². The van der Waals surface area contributed by atoms with Crippen LogP contribution in [-0.4, -0.2) is 16.7 Å². The quantitative estimate of drug-likeness (QED) is 0.495. The van der Waals surface area contributed by atoms with E-state index in [1.165, 1.54) is 0 Å². The lowest BCUT2D eigenvalue weighted by Crippen LogP contribution is -1.87. The minimum absolute atomic E-state index is 0.574. The number of rotatable bonds is 4. The minimum Gasteiger partial charge on any atom is -0.496 e. The van der Waals surface area contributed by atoms with Crippen molar-refractivity contribution in [3.63, 3.8) is 0 Å². The van der Waals surface area contributed by atoms with Gasteiger partial charge in [-0.15, -0.1) is 0 Å². The van der Waals surface area contributed by atoms with Gasteiger partial charge in [0.25, 0.3) is 0 Å². The molecule has 3 rings (SSSR count). The number of aromatic nitrogens is 2. The number of benzene rings is 2. The Kier molecular flexibility index (Phi) is 5.29. The molecule has 0 amide bonds. The predicted molar refractivity (Wildman–Crippen MR) is 104 cm³/mol. The molecule has 0 bridgehead atoms. The summed E-state index contributed by atoms with van der Waals surface area (Å²) in [4.78, 5) is 4.39. The molecule has 0 spiro atoms. The summed E-state index contributed by atoms with van der Waals surface area (Å²) in [6.07, 6.45) is 7.49. The van der Waals surface area contributed by atoms with Crippen LogP contribution in [0.25, 0.3) is 23.5 Å². The van der Waals surface area contributed by atoms with Crippen molar-refractivity contribution in [2.24, 2.45) is 0 Å². The summed E-state index contributed by atoms with van der Waals surface area (Å²) in [5.41, 5.74) is 2.59. The van der Waals surface area contributed by atoms with Crippen molar-refractivity contribution in [3.05, 3.63) is 69.0 Å². The maximum atomic E-state index is 6.23. The third-order valence-electron chi connectivity index (χ3n) is 3.43. The van der Waals surface area contributed by atoms with E-state index in [-0.39, 0.29) is 0 Å². The van der Waals surface area contributed by atoms with Crippen molar-refractivity contribution in [1.29, 1.82) is 0 Å². The summed E-state index contributed by atoms with van der Waals surface area (Å²) in [5.74, 6) is 0.801. The van der Waals surface area contributed by atoms with E-state index in [1.807, 2.05) is 47.3 Å². The summed E-state index contributed by atoms with van der Waals surface area (Å²) >= 11 is 15.6. The van der Waals surface area contributed by atoms with E-state index in [1.54, 1.807) is 25.6 Å². The highest BCUT2D eigenvalue weighted by Crippen LogP contribution is 2.29. The summed E-state index contributed by atoms with van der Waals surface area (Å²) in [5, 5.41) is 1.18. The van der Waals surface area contributed by atoms with Crippen LogP contribution in [0.5, 0.6) is 5.75 Å². The molecule has 0 unspecified atom stereocenters. The van der Waals surface area contributed by atoms with Crippen molar-refractivity contribution >= 4 is 51.4 Å². The Balaban J connectivity index is 1.88. The number of nitrogens with zero attached hydrogens (tertiary/aromatic N) is 2. The van der Waals surface area contributed by atoms with Crippen LogP contribution < -0.4 is 4.74 Å². The Hall–Kier alpha value is -1.75. The van der Waals surface area contributed by atoms with Crippen LogP contribution in [0.2, 0.25) is 10.0 Å². The third-order valence-corrected chi connectivity index (χ3v) is 4.47. The first-order valence-corrected chi connectivity index (χ1v) is 8.62. The molecular weight excluding hydrogens is 411 g/mol. The second-order valence-corrected chi connectivity index (χ2v) is 6.79. The first-order valence-electron chi connectivity index (χ1n) is 7.07. The van der Waals surface area contributed by atoms with Gasteiger partial charge in [0.15, 0.2) is 0 Å². The second-order valence-electron chi connectivity index (χ2n) is 5.03. The fraction of sp³-hybridized carbons (Fsp3) is 0.0556. The number of imidazole rings is 1. The number of halogens is 3. The topological polar surface area (TPSA) is 27.1 Å². The third kappa shape index (κ3) is 3.83. The van der Waals surface area contributed by atoms with Gasteiger partial charge in [-0.2, -0.15) is 0 Å². The fourth-order valence-electron chi connectivity index (χ4n) is 2.26. The fourth-order valence-corrected chi connectivity index (χ4v) is 3.14. The van der Waals surface area contributed by atoms with Crippen LogP contribution in [0.3, 0.4) is 0 Å². The molecule has 0 saturated carbocycles. The number of ether oxygens (including phenoxy) is 1. The SMILES string of the molecule is COc1ccc(Br)cc1/C=C/n1cnc(-c2ccc(Cl)cc2Cl)c1. The lowest BCUT2D eigenvalue weighted by Gasteiger charge is -2.04. The van der Waals surface area contributed by atoms with Gasteiger partial charge in [0.05, 0.1) is 24.2 Å². The van der Waals surface area contributed by atoms with Gasteiger partial charge in [-0.3, -0.25) is 0 Å². The number of hydrogen-bond donors (Lipinski definition) is 0.